The largest absolute Gasteiger partial charge is 1.00 e. The van der Waals surface area contributed by atoms with Crippen LogP contribution in [0.15, 0.2) is 18.2 Å². The second-order valence-corrected chi connectivity index (χ2v) is 2.11. The van der Waals surface area contributed by atoms with Crippen LogP contribution in [0.2, 0.25) is 0 Å². The predicted molar refractivity (Wildman–Crippen MR) is 37.2 cm³/mol. The number of rotatable bonds is 1. The summed E-state index contributed by atoms with van der Waals surface area (Å²) in [7, 11) is 1.50. The van der Waals surface area contributed by atoms with Gasteiger partial charge >= 0.3 is 51.4 Å². The first-order chi connectivity index (χ1) is 4.75. The molecule has 0 N–H and O–H groups in total. The Bertz CT molecular complexity index is 236. The van der Waals surface area contributed by atoms with Crippen molar-refractivity contribution < 1.29 is 61.2 Å². The van der Waals surface area contributed by atoms with Gasteiger partial charge in [-0.05, 0) is 13.0 Å². The molecule has 2 nitrogen and oxygen atoms in total. The van der Waals surface area contributed by atoms with Crippen LogP contribution in [0.1, 0.15) is 5.56 Å². The standard InChI is InChI=1S/C8H10O2.K/c1-6-4-3-5-7(10-2)8(6)9;/h3-5,9H,1-2H3;/q;+1/p-1. The molecule has 0 spiro atoms. The second kappa shape index (κ2) is 5.16. The molecule has 0 saturated carbocycles. The van der Waals surface area contributed by atoms with Gasteiger partial charge in [-0.1, -0.05) is 23.4 Å². The second-order valence-electron chi connectivity index (χ2n) is 2.11. The fourth-order valence-corrected chi connectivity index (χ4v) is 0.786. The minimum absolute atomic E-state index is 0. The van der Waals surface area contributed by atoms with Crippen LogP contribution in [0.3, 0.4) is 0 Å². The van der Waals surface area contributed by atoms with Crippen LogP contribution in [-0.4, -0.2) is 7.11 Å². The minimum Gasteiger partial charge on any atom is -0.870 e. The minimum atomic E-state index is -0.0231. The van der Waals surface area contributed by atoms with Crippen molar-refractivity contribution in [3.63, 3.8) is 0 Å². The maximum atomic E-state index is 11.1. The average molecular weight is 176 g/mol. The third kappa shape index (κ3) is 2.76. The molecule has 0 amide bonds. The fraction of sp³-hybridized carbons (Fsp3) is 0.250. The van der Waals surface area contributed by atoms with Crippen LogP contribution in [0.5, 0.6) is 11.5 Å². The van der Waals surface area contributed by atoms with E-state index >= 15 is 0 Å². The molecule has 0 saturated heterocycles. The zero-order valence-electron chi connectivity index (χ0n) is 7.05. The van der Waals surface area contributed by atoms with Gasteiger partial charge in [0, 0.05) is 0 Å². The SMILES string of the molecule is COc1cccc(C)c1[O-].[K+]. The van der Waals surface area contributed by atoms with Gasteiger partial charge < -0.3 is 9.84 Å². The van der Waals surface area contributed by atoms with Gasteiger partial charge in [0.1, 0.15) is 5.75 Å². The van der Waals surface area contributed by atoms with E-state index in [0.717, 1.165) is 5.56 Å². The van der Waals surface area contributed by atoms with Crippen molar-refractivity contribution in [2.24, 2.45) is 0 Å². The summed E-state index contributed by atoms with van der Waals surface area (Å²) in [4.78, 5) is 0. The molecule has 0 heterocycles. The number of aryl methyl sites for hydroxylation is 1. The molecule has 0 aliphatic heterocycles. The zero-order valence-corrected chi connectivity index (χ0v) is 10.2. The van der Waals surface area contributed by atoms with Gasteiger partial charge in [0.25, 0.3) is 0 Å². The smallest absolute Gasteiger partial charge is 0.870 e. The van der Waals surface area contributed by atoms with Crippen molar-refractivity contribution in [3.05, 3.63) is 23.8 Å². The molecular formula is C8H9KO2. The molecule has 0 atom stereocenters. The Hall–Kier alpha value is 0.456. The summed E-state index contributed by atoms with van der Waals surface area (Å²) in [5.74, 6) is 0.394. The quantitative estimate of drug-likeness (QED) is 0.467. The summed E-state index contributed by atoms with van der Waals surface area (Å²) in [6.07, 6.45) is 0. The molecule has 1 aromatic rings. The van der Waals surface area contributed by atoms with Gasteiger partial charge in [-0.2, -0.15) is 0 Å². The molecular weight excluding hydrogens is 167 g/mol. The molecule has 0 aromatic heterocycles. The molecule has 0 unspecified atom stereocenters. The van der Waals surface area contributed by atoms with E-state index in [1.54, 1.807) is 25.1 Å². The van der Waals surface area contributed by atoms with Crippen molar-refractivity contribution in [2.75, 3.05) is 7.11 Å². The van der Waals surface area contributed by atoms with Crippen LogP contribution < -0.4 is 61.2 Å². The summed E-state index contributed by atoms with van der Waals surface area (Å²) >= 11 is 0. The van der Waals surface area contributed by atoms with Crippen LogP contribution in [0, 0.1) is 6.92 Å². The molecule has 1 rings (SSSR count). The van der Waals surface area contributed by atoms with Crippen LogP contribution in [-0.2, 0) is 0 Å². The first-order valence-corrected chi connectivity index (χ1v) is 3.06. The number of methoxy groups -OCH3 is 1. The van der Waals surface area contributed by atoms with Crippen LogP contribution in [0.4, 0.5) is 0 Å². The molecule has 54 valence electrons. The molecule has 0 radical (unpaired) electrons. The fourth-order valence-electron chi connectivity index (χ4n) is 0.786. The molecule has 0 aliphatic carbocycles. The zero-order chi connectivity index (χ0) is 7.56. The van der Waals surface area contributed by atoms with Crippen molar-refractivity contribution >= 4 is 0 Å². The molecule has 1 aromatic carbocycles. The molecule has 0 bridgehead atoms. The van der Waals surface area contributed by atoms with Crippen LogP contribution >= 0.6 is 0 Å². The Morgan fingerprint density at radius 3 is 2.45 bits per heavy atom. The maximum absolute atomic E-state index is 11.1. The van der Waals surface area contributed by atoms with E-state index in [4.69, 9.17) is 4.74 Å². The van der Waals surface area contributed by atoms with E-state index in [1.807, 2.05) is 0 Å². The first-order valence-electron chi connectivity index (χ1n) is 3.06. The van der Waals surface area contributed by atoms with Gasteiger partial charge in [0.15, 0.2) is 0 Å². The summed E-state index contributed by atoms with van der Waals surface area (Å²) in [6, 6.07) is 5.23. The van der Waals surface area contributed by atoms with Gasteiger partial charge in [-0.25, -0.2) is 0 Å². The van der Waals surface area contributed by atoms with Crippen molar-refractivity contribution in [1.82, 2.24) is 0 Å². The van der Waals surface area contributed by atoms with E-state index in [-0.39, 0.29) is 57.1 Å². The predicted octanol–water partition coefficient (Wildman–Crippen LogP) is -1.92. The number of hydrogen-bond donors (Lipinski definition) is 0. The summed E-state index contributed by atoms with van der Waals surface area (Å²) < 4.78 is 4.81. The molecule has 11 heavy (non-hydrogen) atoms. The molecule has 0 fully saturated rings. The number of benzene rings is 1. The van der Waals surface area contributed by atoms with Crippen molar-refractivity contribution in [3.8, 4) is 11.5 Å². The first kappa shape index (κ1) is 11.5. The maximum Gasteiger partial charge on any atom is 1.00 e. The number of hydrogen-bond acceptors (Lipinski definition) is 2. The topological polar surface area (TPSA) is 32.3 Å². The van der Waals surface area contributed by atoms with E-state index in [0.29, 0.717) is 5.75 Å². The normalized spacial score (nSPS) is 8.55. The van der Waals surface area contributed by atoms with Crippen molar-refractivity contribution in [1.29, 1.82) is 0 Å². The van der Waals surface area contributed by atoms with Crippen molar-refractivity contribution in [2.45, 2.75) is 6.92 Å². The van der Waals surface area contributed by atoms with Gasteiger partial charge in [-0.15, -0.1) is 0 Å². The molecule has 3 heteroatoms. The average Bonchev–Trinajstić information content (AvgIpc) is 1.95. The van der Waals surface area contributed by atoms with Gasteiger partial charge in [0.05, 0.1) is 7.11 Å². The summed E-state index contributed by atoms with van der Waals surface area (Å²) in [5, 5.41) is 11.1. The third-order valence-corrected chi connectivity index (χ3v) is 1.40. The van der Waals surface area contributed by atoms with E-state index in [1.165, 1.54) is 7.11 Å². The summed E-state index contributed by atoms with van der Waals surface area (Å²) in [5.41, 5.74) is 0.722. The third-order valence-electron chi connectivity index (χ3n) is 1.40. The van der Waals surface area contributed by atoms with Gasteiger partial charge in [0.2, 0.25) is 0 Å². The van der Waals surface area contributed by atoms with E-state index in [2.05, 4.69) is 0 Å². The van der Waals surface area contributed by atoms with E-state index < -0.39 is 0 Å². The molecule has 0 aliphatic rings. The Morgan fingerprint density at radius 1 is 1.36 bits per heavy atom. The number of para-hydroxylation sites is 1. The summed E-state index contributed by atoms with van der Waals surface area (Å²) in [6.45, 7) is 1.77. The Labute approximate surface area is 109 Å². The monoisotopic (exact) mass is 176 g/mol. The number of ether oxygens (including phenoxy) is 1. The van der Waals surface area contributed by atoms with Gasteiger partial charge in [-0.3, -0.25) is 0 Å². The van der Waals surface area contributed by atoms with Crippen LogP contribution in [0.25, 0.3) is 0 Å². The Balaban J connectivity index is 0.000001000. The van der Waals surface area contributed by atoms with E-state index in [9.17, 15) is 5.11 Å². The Kier molecular flexibility index (Phi) is 5.38. The Morgan fingerprint density at radius 2 is 2.00 bits per heavy atom.